The van der Waals surface area contributed by atoms with Crippen LogP contribution >= 0.6 is 0 Å². The van der Waals surface area contributed by atoms with E-state index < -0.39 is 10.8 Å². The molecule has 0 aliphatic rings. The van der Waals surface area contributed by atoms with E-state index in [1.54, 1.807) is 36.4 Å². The second kappa shape index (κ2) is 8.70. The number of hydrazone groups is 1. The van der Waals surface area contributed by atoms with Crippen LogP contribution in [0, 0.1) is 10.1 Å². The van der Waals surface area contributed by atoms with Crippen molar-refractivity contribution in [2.24, 2.45) is 5.10 Å². The van der Waals surface area contributed by atoms with Gasteiger partial charge in [-0.15, -0.1) is 0 Å². The first-order valence-electron chi connectivity index (χ1n) is 8.42. The maximum atomic E-state index is 12.2. The number of amides is 1. The maximum absolute atomic E-state index is 12.2. The monoisotopic (exact) mass is 395 g/mol. The molecule has 9 nitrogen and oxygen atoms in total. The Labute approximate surface area is 165 Å². The van der Waals surface area contributed by atoms with E-state index >= 15 is 0 Å². The average Bonchev–Trinajstić information content (AvgIpc) is 3.22. The number of hydrogen-bond donors (Lipinski definition) is 1. The molecule has 2 aromatic carbocycles. The molecule has 1 aromatic heterocycles. The van der Waals surface area contributed by atoms with Crippen molar-refractivity contribution in [1.29, 1.82) is 0 Å². The molecule has 0 radical (unpaired) electrons. The van der Waals surface area contributed by atoms with E-state index in [0.29, 0.717) is 34.1 Å². The molecule has 0 fully saturated rings. The Hall–Kier alpha value is -4.14. The maximum Gasteiger partial charge on any atom is 0.271 e. The van der Waals surface area contributed by atoms with Crippen LogP contribution < -0.4 is 14.9 Å². The zero-order valence-corrected chi connectivity index (χ0v) is 15.6. The first-order valence-corrected chi connectivity index (χ1v) is 8.42. The van der Waals surface area contributed by atoms with Crippen LogP contribution in [0.3, 0.4) is 0 Å². The van der Waals surface area contributed by atoms with Gasteiger partial charge in [-0.25, -0.2) is 5.43 Å². The van der Waals surface area contributed by atoms with Crippen molar-refractivity contribution in [3.05, 3.63) is 76.0 Å². The quantitative estimate of drug-likeness (QED) is 0.371. The Morgan fingerprint density at radius 1 is 1.10 bits per heavy atom. The number of nitrogens with zero attached hydrogens (tertiary/aromatic N) is 2. The summed E-state index contributed by atoms with van der Waals surface area (Å²) in [5.74, 6) is 1.32. The van der Waals surface area contributed by atoms with Crippen molar-refractivity contribution in [3.8, 4) is 22.8 Å². The van der Waals surface area contributed by atoms with E-state index in [9.17, 15) is 14.9 Å². The van der Waals surface area contributed by atoms with E-state index in [4.69, 9.17) is 13.9 Å². The van der Waals surface area contributed by atoms with Crippen LogP contribution in [0.4, 0.5) is 5.69 Å². The second-order valence-corrected chi connectivity index (χ2v) is 5.78. The van der Waals surface area contributed by atoms with Crippen LogP contribution in [0.2, 0.25) is 0 Å². The average molecular weight is 395 g/mol. The molecular weight excluding hydrogens is 378 g/mol. The minimum absolute atomic E-state index is 0.0312. The normalized spacial score (nSPS) is 10.7. The highest BCUT2D eigenvalue weighted by atomic mass is 16.6. The number of carbonyl (C=O) groups excluding carboxylic acids is 1. The van der Waals surface area contributed by atoms with Gasteiger partial charge < -0.3 is 13.9 Å². The van der Waals surface area contributed by atoms with Gasteiger partial charge in [-0.2, -0.15) is 5.10 Å². The topological polar surface area (TPSA) is 116 Å². The van der Waals surface area contributed by atoms with Gasteiger partial charge in [0.25, 0.3) is 11.6 Å². The highest BCUT2D eigenvalue weighted by molar-refractivity contribution is 5.95. The summed E-state index contributed by atoms with van der Waals surface area (Å²) in [6.07, 6.45) is 1.33. The number of furan rings is 1. The molecule has 29 heavy (non-hydrogen) atoms. The number of nitro groups is 1. The number of benzene rings is 2. The van der Waals surface area contributed by atoms with Crippen LogP contribution in [0.25, 0.3) is 11.3 Å². The number of methoxy groups -OCH3 is 2. The number of non-ortho nitro benzene ring substituents is 1. The molecule has 0 saturated carbocycles. The van der Waals surface area contributed by atoms with Crippen LogP contribution in [-0.2, 0) is 0 Å². The van der Waals surface area contributed by atoms with Crippen molar-refractivity contribution in [2.45, 2.75) is 0 Å². The largest absolute Gasteiger partial charge is 0.493 e. The van der Waals surface area contributed by atoms with Gasteiger partial charge in [0.1, 0.15) is 11.5 Å². The van der Waals surface area contributed by atoms with Crippen LogP contribution in [0.15, 0.2) is 64.1 Å². The second-order valence-electron chi connectivity index (χ2n) is 5.78. The highest BCUT2D eigenvalue weighted by Gasteiger charge is 2.11. The van der Waals surface area contributed by atoms with Crippen LogP contribution in [0.5, 0.6) is 11.5 Å². The van der Waals surface area contributed by atoms with Crippen molar-refractivity contribution >= 4 is 17.8 Å². The molecule has 1 heterocycles. The SMILES string of the molecule is COc1ccc(C(=O)N/N=C/c2ccc(-c3cccc([N+](=O)[O-])c3)o2)cc1OC. The van der Waals surface area contributed by atoms with E-state index in [1.807, 2.05) is 0 Å². The Morgan fingerprint density at radius 3 is 2.62 bits per heavy atom. The van der Waals surface area contributed by atoms with Gasteiger partial charge in [0, 0.05) is 23.3 Å². The lowest BCUT2D eigenvalue weighted by Crippen LogP contribution is -2.17. The third-order valence-corrected chi connectivity index (χ3v) is 3.97. The molecule has 0 aliphatic carbocycles. The van der Waals surface area contributed by atoms with Gasteiger partial charge in [-0.05, 0) is 30.3 Å². The minimum Gasteiger partial charge on any atom is -0.493 e. The summed E-state index contributed by atoms with van der Waals surface area (Å²) in [5.41, 5.74) is 3.27. The summed E-state index contributed by atoms with van der Waals surface area (Å²) in [6.45, 7) is 0. The predicted molar refractivity (Wildman–Crippen MR) is 105 cm³/mol. The lowest BCUT2D eigenvalue weighted by Gasteiger charge is -2.08. The summed E-state index contributed by atoms with van der Waals surface area (Å²) in [6, 6.07) is 14.1. The summed E-state index contributed by atoms with van der Waals surface area (Å²) in [7, 11) is 2.99. The lowest BCUT2D eigenvalue weighted by molar-refractivity contribution is -0.384. The molecule has 3 aromatic rings. The predicted octanol–water partition coefficient (Wildman–Crippen LogP) is 3.64. The summed E-state index contributed by atoms with van der Waals surface area (Å²) in [5, 5.41) is 14.8. The van der Waals surface area contributed by atoms with Gasteiger partial charge in [-0.1, -0.05) is 12.1 Å². The van der Waals surface area contributed by atoms with E-state index in [-0.39, 0.29) is 5.69 Å². The van der Waals surface area contributed by atoms with Gasteiger partial charge in [0.15, 0.2) is 11.5 Å². The van der Waals surface area contributed by atoms with E-state index in [2.05, 4.69) is 10.5 Å². The molecule has 0 bridgehead atoms. The summed E-state index contributed by atoms with van der Waals surface area (Å²) < 4.78 is 15.9. The van der Waals surface area contributed by atoms with Crippen molar-refractivity contribution in [3.63, 3.8) is 0 Å². The fourth-order valence-electron chi connectivity index (χ4n) is 2.55. The number of rotatable bonds is 7. The van der Waals surface area contributed by atoms with E-state index in [1.165, 1.54) is 38.6 Å². The number of hydrogen-bond acceptors (Lipinski definition) is 7. The molecule has 1 N–H and O–H groups in total. The van der Waals surface area contributed by atoms with E-state index in [0.717, 1.165) is 0 Å². The highest BCUT2D eigenvalue weighted by Crippen LogP contribution is 2.27. The summed E-state index contributed by atoms with van der Waals surface area (Å²) in [4.78, 5) is 22.6. The van der Waals surface area contributed by atoms with Gasteiger partial charge >= 0.3 is 0 Å². The van der Waals surface area contributed by atoms with Crippen LogP contribution in [0.1, 0.15) is 16.1 Å². The first kappa shape index (κ1) is 19.6. The Balaban J connectivity index is 1.68. The minimum atomic E-state index is -0.474. The number of nitrogens with one attached hydrogen (secondary N) is 1. The van der Waals surface area contributed by atoms with Crippen molar-refractivity contribution in [1.82, 2.24) is 5.43 Å². The molecular formula is C20H17N3O6. The Morgan fingerprint density at radius 2 is 1.90 bits per heavy atom. The number of ether oxygens (including phenoxy) is 2. The molecule has 148 valence electrons. The lowest BCUT2D eigenvalue weighted by atomic mass is 10.1. The molecule has 9 heteroatoms. The smallest absolute Gasteiger partial charge is 0.271 e. The van der Waals surface area contributed by atoms with Gasteiger partial charge in [-0.3, -0.25) is 14.9 Å². The summed E-state index contributed by atoms with van der Waals surface area (Å²) >= 11 is 0. The molecule has 0 aliphatic heterocycles. The van der Waals surface area contributed by atoms with Crippen molar-refractivity contribution < 1.29 is 23.6 Å². The zero-order valence-electron chi connectivity index (χ0n) is 15.6. The van der Waals surface area contributed by atoms with Crippen molar-refractivity contribution in [2.75, 3.05) is 14.2 Å². The number of nitro benzene ring substituents is 1. The standard InChI is InChI=1S/C20H17N3O6/c1-27-18-8-6-14(11-19(18)28-2)20(24)22-21-12-16-7-9-17(29-16)13-4-3-5-15(10-13)23(25)26/h3-12H,1-2H3,(H,22,24)/b21-12+. The Kier molecular flexibility index (Phi) is 5.88. The molecule has 3 rings (SSSR count). The molecule has 0 saturated heterocycles. The molecule has 0 unspecified atom stereocenters. The van der Waals surface area contributed by atoms with Crippen LogP contribution in [-0.4, -0.2) is 31.3 Å². The number of carbonyl (C=O) groups is 1. The fourth-order valence-corrected chi connectivity index (χ4v) is 2.55. The molecule has 0 atom stereocenters. The third-order valence-electron chi connectivity index (χ3n) is 3.97. The Bertz CT molecular complexity index is 1070. The first-order chi connectivity index (χ1) is 14.0. The zero-order chi connectivity index (χ0) is 20.8. The third kappa shape index (κ3) is 4.59. The van der Waals surface area contributed by atoms with Gasteiger partial charge in [0.05, 0.1) is 25.4 Å². The fraction of sp³-hybridized carbons (Fsp3) is 0.100. The molecule has 0 spiro atoms. The molecule has 1 amide bonds. The van der Waals surface area contributed by atoms with Gasteiger partial charge in [0.2, 0.25) is 0 Å².